The average molecular weight is 573 g/mol. The second-order valence-corrected chi connectivity index (χ2v) is 11.9. The van der Waals surface area contributed by atoms with Crippen LogP contribution in [-0.4, -0.2) is 0 Å². The van der Waals surface area contributed by atoms with Gasteiger partial charge in [0.25, 0.3) is 0 Å². The molecule has 0 saturated carbocycles. The average Bonchev–Trinajstić information content (AvgIpc) is 3.50. The summed E-state index contributed by atoms with van der Waals surface area (Å²) in [6.07, 6.45) is 5.58. The van der Waals surface area contributed by atoms with Crippen molar-refractivity contribution in [1.82, 2.24) is 0 Å². The highest BCUT2D eigenvalue weighted by molar-refractivity contribution is 9.10. The van der Waals surface area contributed by atoms with E-state index >= 15 is 0 Å². The maximum atomic E-state index is 6.34. The van der Waals surface area contributed by atoms with Crippen LogP contribution in [0.3, 0.4) is 0 Å². The van der Waals surface area contributed by atoms with Crippen molar-refractivity contribution in [3.05, 3.63) is 136 Å². The Morgan fingerprint density at radius 2 is 1.45 bits per heavy atom. The zero-order valence-electron chi connectivity index (χ0n) is 20.4. The lowest BCUT2D eigenvalue weighted by Crippen LogP contribution is -2.20. The Labute approximate surface area is 233 Å². The molecule has 38 heavy (non-hydrogen) atoms. The third kappa shape index (κ3) is 3.55. The molecule has 1 aliphatic carbocycles. The van der Waals surface area contributed by atoms with Gasteiger partial charge in [0.2, 0.25) is 0 Å². The van der Waals surface area contributed by atoms with Gasteiger partial charge in [0.1, 0.15) is 11.2 Å². The normalized spacial score (nSPS) is 16.4. The zero-order chi connectivity index (χ0) is 25.2. The van der Waals surface area contributed by atoms with Crippen LogP contribution in [0, 0.1) is 0 Å². The maximum absolute atomic E-state index is 6.34. The van der Waals surface area contributed by atoms with Gasteiger partial charge in [-0.3, -0.25) is 0 Å². The Balaban J connectivity index is 1.29. The van der Waals surface area contributed by atoms with Crippen molar-refractivity contribution in [3.63, 3.8) is 0 Å². The highest BCUT2D eigenvalue weighted by Gasteiger charge is 2.32. The van der Waals surface area contributed by atoms with E-state index in [0.717, 1.165) is 44.2 Å². The van der Waals surface area contributed by atoms with Crippen LogP contribution in [0.5, 0.6) is 0 Å². The SMILES string of the molecule is Brc1ccc2c(c1)oc1cc(N(C3=CC=C4Sc5ccccc5C4C3)c3ccc4ccccc4c3)ccc12. The predicted octanol–water partition coefficient (Wildman–Crippen LogP) is 10.7. The summed E-state index contributed by atoms with van der Waals surface area (Å²) in [5.74, 6) is 0.395. The van der Waals surface area contributed by atoms with Crippen molar-refractivity contribution in [2.75, 3.05) is 4.90 Å². The number of nitrogens with zero attached hydrogens (tertiary/aromatic N) is 1. The van der Waals surface area contributed by atoms with E-state index in [4.69, 9.17) is 4.42 Å². The molecule has 0 spiro atoms. The second kappa shape index (κ2) is 8.65. The van der Waals surface area contributed by atoms with Crippen LogP contribution >= 0.6 is 27.7 Å². The summed E-state index contributed by atoms with van der Waals surface area (Å²) in [5, 5.41) is 4.75. The summed E-state index contributed by atoms with van der Waals surface area (Å²) in [6.45, 7) is 0. The lowest BCUT2D eigenvalue weighted by Gasteiger charge is -2.31. The summed E-state index contributed by atoms with van der Waals surface area (Å²) in [6, 6.07) is 37.0. The highest BCUT2D eigenvalue weighted by Crippen LogP contribution is 2.53. The molecule has 182 valence electrons. The second-order valence-electron chi connectivity index (χ2n) is 9.91. The standard InChI is InChI=1S/C34H22BrNOS/c35-23-10-14-27-28-15-12-26(20-32(28)37-31(27)18-23)36(24-11-9-21-5-1-2-6-22(21)17-24)25-13-16-34-30(19-25)29-7-3-4-8-33(29)38-34/h1-18,20,30H,19H2. The van der Waals surface area contributed by atoms with Crippen LogP contribution in [0.2, 0.25) is 0 Å². The fourth-order valence-corrected chi connectivity index (χ4v) is 7.43. The van der Waals surface area contributed by atoms with Crippen LogP contribution in [0.15, 0.2) is 140 Å². The number of thioether (sulfide) groups is 1. The molecule has 8 rings (SSSR count). The number of fused-ring (bicyclic) bond motifs is 7. The fourth-order valence-electron chi connectivity index (χ4n) is 5.87. The van der Waals surface area contributed by atoms with Gasteiger partial charge in [0.05, 0.1) is 0 Å². The lowest BCUT2D eigenvalue weighted by molar-refractivity contribution is 0.668. The van der Waals surface area contributed by atoms with Gasteiger partial charge in [0, 0.05) is 49.2 Å². The minimum atomic E-state index is 0.395. The first kappa shape index (κ1) is 22.3. The number of hydrogen-bond donors (Lipinski definition) is 0. The summed E-state index contributed by atoms with van der Waals surface area (Å²) in [5.41, 5.74) is 6.77. The predicted molar refractivity (Wildman–Crippen MR) is 163 cm³/mol. The first-order valence-electron chi connectivity index (χ1n) is 12.8. The molecule has 0 saturated heterocycles. The van der Waals surface area contributed by atoms with Crippen LogP contribution in [0.25, 0.3) is 32.7 Å². The van der Waals surface area contributed by atoms with E-state index in [1.54, 1.807) is 0 Å². The minimum absolute atomic E-state index is 0.395. The quantitative estimate of drug-likeness (QED) is 0.210. The summed E-state index contributed by atoms with van der Waals surface area (Å²) < 4.78 is 7.36. The van der Waals surface area contributed by atoms with Gasteiger partial charge in [-0.05, 0) is 88.3 Å². The molecular weight excluding hydrogens is 550 g/mol. The molecule has 2 heterocycles. The number of halogens is 1. The Morgan fingerprint density at radius 1 is 0.711 bits per heavy atom. The summed E-state index contributed by atoms with van der Waals surface area (Å²) in [4.78, 5) is 5.23. The van der Waals surface area contributed by atoms with Crippen LogP contribution in [-0.2, 0) is 0 Å². The van der Waals surface area contributed by atoms with E-state index in [1.807, 2.05) is 17.8 Å². The first-order valence-corrected chi connectivity index (χ1v) is 14.4. The summed E-state index contributed by atoms with van der Waals surface area (Å²) >= 11 is 5.49. The minimum Gasteiger partial charge on any atom is -0.456 e. The summed E-state index contributed by atoms with van der Waals surface area (Å²) in [7, 11) is 0. The molecule has 0 fully saturated rings. The third-order valence-corrected chi connectivity index (χ3v) is 9.42. The molecule has 0 radical (unpaired) electrons. The van der Waals surface area contributed by atoms with Gasteiger partial charge in [0.15, 0.2) is 0 Å². The molecule has 1 atom stereocenters. The van der Waals surface area contributed by atoms with E-state index in [1.165, 1.54) is 31.8 Å². The molecule has 0 bridgehead atoms. The molecule has 6 aromatic rings. The van der Waals surface area contributed by atoms with E-state index in [2.05, 4.69) is 130 Å². The van der Waals surface area contributed by atoms with Crippen molar-refractivity contribution in [1.29, 1.82) is 0 Å². The largest absolute Gasteiger partial charge is 0.456 e. The van der Waals surface area contributed by atoms with E-state index < -0.39 is 0 Å². The maximum Gasteiger partial charge on any atom is 0.137 e. The molecule has 4 heteroatoms. The Kier molecular flexibility index (Phi) is 5.07. The van der Waals surface area contributed by atoms with Crippen molar-refractivity contribution >= 4 is 71.8 Å². The highest BCUT2D eigenvalue weighted by atomic mass is 79.9. The van der Waals surface area contributed by atoms with E-state index in [9.17, 15) is 0 Å². The van der Waals surface area contributed by atoms with Crippen molar-refractivity contribution in [3.8, 4) is 0 Å². The monoisotopic (exact) mass is 571 g/mol. The molecule has 5 aromatic carbocycles. The first-order chi connectivity index (χ1) is 18.7. The molecule has 2 nitrogen and oxygen atoms in total. The van der Waals surface area contributed by atoms with Gasteiger partial charge in [-0.2, -0.15) is 0 Å². The number of hydrogen-bond acceptors (Lipinski definition) is 3. The number of benzene rings is 5. The zero-order valence-corrected chi connectivity index (χ0v) is 22.8. The van der Waals surface area contributed by atoms with Crippen LogP contribution < -0.4 is 4.90 Å². The van der Waals surface area contributed by atoms with E-state index in [0.29, 0.717) is 5.92 Å². The molecular formula is C34H22BrNOS. The smallest absolute Gasteiger partial charge is 0.137 e. The third-order valence-electron chi connectivity index (χ3n) is 7.67. The van der Waals surface area contributed by atoms with Crippen molar-refractivity contribution in [2.24, 2.45) is 0 Å². The van der Waals surface area contributed by atoms with Gasteiger partial charge >= 0.3 is 0 Å². The number of allylic oxidation sites excluding steroid dienone is 4. The topological polar surface area (TPSA) is 16.4 Å². The van der Waals surface area contributed by atoms with Gasteiger partial charge in [-0.15, -0.1) is 0 Å². The molecule has 1 aromatic heterocycles. The number of rotatable bonds is 3. The number of furan rings is 1. The van der Waals surface area contributed by atoms with Crippen LogP contribution in [0.4, 0.5) is 11.4 Å². The molecule has 2 aliphatic rings. The Morgan fingerprint density at radius 3 is 2.37 bits per heavy atom. The Hall–Kier alpha value is -3.73. The van der Waals surface area contributed by atoms with E-state index in [-0.39, 0.29) is 0 Å². The Bertz CT molecular complexity index is 1970. The van der Waals surface area contributed by atoms with Crippen molar-refractivity contribution < 1.29 is 4.42 Å². The molecule has 1 aliphatic heterocycles. The number of anilines is 2. The molecule has 0 amide bonds. The van der Waals surface area contributed by atoms with Crippen LogP contribution in [0.1, 0.15) is 17.9 Å². The fraction of sp³-hybridized carbons (Fsp3) is 0.0588. The lowest BCUT2D eigenvalue weighted by atomic mass is 9.90. The molecule has 1 unspecified atom stereocenters. The molecule has 0 N–H and O–H groups in total. The van der Waals surface area contributed by atoms with Crippen molar-refractivity contribution in [2.45, 2.75) is 17.2 Å². The van der Waals surface area contributed by atoms with Gasteiger partial charge < -0.3 is 9.32 Å². The van der Waals surface area contributed by atoms with Gasteiger partial charge in [-0.25, -0.2) is 0 Å². The van der Waals surface area contributed by atoms with Gasteiger partial charge in [-0.1, -0.05) is 76.2 Å².